The van der Waals surface area contributed by atoms with Gasteiger partial charge in [0.1, 0.15) is 10.8 Å². The van der Waals surface area contributed by atoms with Crippen LogP contribution in [0.5, 0.6) is 0 Å². The van der Waals surface area contributed by atoms with Crippen LogP contribution in [-0.4, -0.2) is 9.97 Å². The first-order chi connectivity index (χ1) is 7.74. The lowest BCUT2D eigenvalue weighted by molar-refractivity contribution is 1.09. The van der Waals surface area contributed by atoms with Gasteiger partial charge in [0.15, 0.2) is 4.73 Å². The Labute approximate surface area is 107 Å². The van der Waals surface area contributed by atoms with E-state index in [1.807, 2.05) is 30.3 Å². The second-order valence-electron chi connectivity index (χ2n) is 2.96. The van der Waals surface area contributed by atoms with Crippen LogP contribution in [0.2, 0.25) is 5.15 Å². The lowest BCUT2D eigenvalue weighted by atomic mass is 10.2. The molecular formula is C12H6BrClN2. The Morgan fingerprint density at radius 1 is 1.06 bits per heavy atom. The van der Waals surface area contributed by atoms with Crippen LogP contribution < -0.4 is 0 Å². The van der Waals surface area contributed by atoms with E-state index in [4.69, 9.17) is 11.6 Å². The third-order valence-corrected chi connectivity index (χ3v) is 2.32. The highest BCUT2D eigenvalue weighted by molar-refractivity contribution is 9.10. The number of rotatable bonds is 0. The van der Waals surface area contributed by atoms with E-state index in [0.717, 1.165) is 5.56 Å². The molecule has 2 rings (SSSR count). The molecule has 0 saturated carbocycles. The van der Waals surface area contributed by atoms with E-state index in [0.29, 0.717) is 15.6 Å². The molecule has 78 valence electrons. The largest absolute Gasteiger partial charge is 0.213 e. The molecular weight excluding hydrogens is 288 g/mol. The van der Waals surface area contributed by atoms with Crippen molar-refractivity contribution < 1.29 is 0 Å². The number of aromatic nitrogens is 2. The highest BCUT2D eigenvalue weighted by Crippen LogP contribution is 2.10. The molecule has 0 atom stereocenters. The van der Waals surface area contributed by atoms with Crippen LogP contribution in [-0.2, 0) is 0 Å². The number of halogens is 2. The van der Waals surface area contributed by atoms with Gasteiger partial charge in [0.25, 0.3) is 0 Å². The van der Waals surface area contributed by atoms with Gasteiger partial charge in [-0.15, -0.1) is 0 Å². The predicted molar refractivity (Wildman–Crippen MR) is 67.2 cm³/mol. The third-order valence-electron chi connectivity index (χ3n) is 1.78. The zero-order valence-electron chi connectivity index (χ0n) is 8.11. The van der Waals surface area contributed by atoms with E-state index in [2.05, 4.69) is 37.7 Å². The fourth-order valence-electron chi connectivity index (χ4n) is 1.11. The maximum atomic E-state index is 5.78. The number of hydrogen-bond acceptors (Lipinski definition) is 2. The highest BCUT2D eigenvalue weighted by atomic mass is 79.9. The van der Waals surface area contributed by atoms with E-state index >= 15 is 0 Å². The van der Waals surface area contributed by atoms with Gasteiger partial charge in [-0.2, -0.15) is 0 Å². The Morgan fingerprint density at radius 3 is 2.50 bits per heavy atom. The molecule has 0 radical (unpaired) electrons. The fraction of sp³-hybridized carbons (Fsp3) is 0. The molecule has 0 N–H and O–H groups in total. The molecule has 4 heteroatoms. The van der Waals surface area contributed by atoms with Gasteiger partial charge in [0, 0.05) is 11.6 Å². The SMILES string of the molecule is Clc1cc(C#Cc2ccccc2)nc(Br)n1. The van der Waals surface area contributed by atoms with Crippen LogP contribution in [0, 0.1) is 11.8 Å². The number of hydrogen-bond donors (Lipinski definition) is 0. The second kappa shape index (κ2) is 5.11. The summed E-state index contributed by atoms with van der Waals surface area (Å²) in [6.07, 6.45) is 0. The monoisotopic (exact) mass is 292 g/mol. The van der Waals surface area contributed by atoms with Crippen molar-refractivity contribution in [2.45, 2.75) is 0 Å². The zero-order valence-corrected chi connectivity index (χ0v) is 10.5. The van der Waals surface area contributed by atoms with E-state index < -0.39 is 0 Å². The first kappa shape index (κ1) is 11.1. The summed E-state index contributed by atoms with van der Waals surface area (Å²) in [6, 6.07) is 11.3. The third kappa shape index (κ3) is 3.06. The summed E-state index contributed by atoms with van der Waals surface area (Å²) in [5, 5.41) is 0.374. The lowest BCUT2D eigenvalue weighted by Gasteiger charge is -1.93. The molecule has 0 aliphatic heterocycles. The Balaban J connectivity index is 2.31. The van der Waals surface area contributed by atoms with Crippen molar-refractivity contribution in [1.82, 2.24) is 9.97 Å². The average Bonchev–Trinajstić information content (AvgIpc) is 2.27. The minimum Gasteiger partial charge on any atom is -0.213 e. The van der Waals surface area contributed by atoms with Gasteiger partial charge in [-0.25, -0.2) is 9.97 Å². The minimum atomic E-state index is 0.374. The van der Waals surface area contributed by atoms with Crippen LogP contribution in [0.4, 0.5) is 0 Å². The van der Waals surface area contributed by atoms with E-state index in [9.17, 15) is 0 Å². The molecule has 0 unspecified atom stereocenters. The highest BCUT2D eigenvalue weighted by Gasteiger charge is 1.97. The van der Waals surface area contributed by atoms with Crippen LogP contribution in [0.3, 0.4) is 0 Å². The van der Waals surface area contributed by atoms with Gasteiger partial charge in [-0.05, 0) is 34.0 Å². The molecule has 0 amide bonds. The summed E-state index contributed by atoms with van der Waals surface area (Å²) >= 11 is 8.95. The maximum Gasteiger partial charge on any atom is 0.199 e. The van der Waals surface area contributed by atoms with Crippen molar-refractivity contribution in [3.63, 3.8) is 0 Å². The van der Waals surface area contributed by atoms with Gasteiger partial charge in [-0.1, -0.05) is 35.7 Å². The molecule has 2 nitrogen and oxygen atoms in total. The van der Waals surface area contributed by atoms with Gasteiger partial charge in [-0.3, -0.25) is 0 Å². The van der Waals surface area contributed by atoms with Crippen molar-refractivity contribution in [3.05, 3.63) is 57.5 Å². The molecule has 0 aliphatic carbocycles. The molecule has 1 heterocycles. The Bertz CT molecular complexity index is 538. The van der Waals surface area contributed by atoms with E-state index in [1.54, 1.807) is 6.07 Å². The molecule has 1 aromatic carbocycles. The summed E-state index contributed by atoms with van der Waals surface area (Å²) < 4.78 is 0.442. The number of benzene rings is 1. The summed E-state index contributed by atoms with van der Waals surface area (Å²) in [5.41, 5.74) is 1.53. The average molecular weight is 294 g/mol. The van der Waals surface area contributed by atoms with Crippen molar-refractivity contribution in [2.75, 3.05) is 0 Å². The van der Waals surface area contributed by atoms with Crippen LogP contribution >= 0.6 is 27.5 Å². The van der Waals surface area contributed by atoms with E-state index in [-0.39, 0.29) is 0 Å². The summed E-state index contributed by atoms with van der Waals surface area (Å²) in [7, 11) is 0. The lowest BCUT2D eigenvalue weighted by Crippen LogP contribution is -1.88. The van der Waals surface area contributed by atoms with Crippen molar-refractivity contribution in [2.24, 2.45) is 0 Å². The molecule has 0 spiro atoms. The minimum absolute atomic E-state index is 0.374. The standard InChI is InChI=1S/C12H6BrClN2/c13-12-15-10(8-11(14)16-12)7-6-9-4-2-1-3-5-9/h1-5,8H. The van der Waals surface area contributed by atoms with Crippen molar-refractivity contribution in [3.8, 4) is 11.8 Å². The molecule has 2 aromatic rings. The normalized spacial score (nSPS) is 9.38. The smallest absolute Gasteiger partial charge is 0.199 e. The molecule has 0 fully saturated rings. The fourth-order valence-corrected chi connectivity index (χ4v) is 1.78. The molecule has 0 aliphatic rings. The first-order valence-electron chi connectivity index (χ1n) is 4.51. The van der Waals surface area contributed by atoms with Gasteiger partial charge >= 0.3 is 0 Å². The van der Waals surface area contributed by atoms with Crippen molar-refractivity contribution in [1.29, 1.82) is 0 Å². The zero-order chi connectivity index (χ0) is 11.4. The quantitative estimate of drug-likeness (QED) is 0.423. The summed E-state index contributed by atoms with van der Waals surface area (Å²) in [5.74, 6) is 5.92. The number of nitrogens with zero attached hydrogens (tertiary/aromatic N) is 2. The van der Waals surface area contributed by atoms with Gasteiger partial charge in [0.05, 0.1) is 0 Å². The predicted octanol–water partition coefficient (Wildman–Crippen LogP) is 3.29. The Morgan fingerprint density at radius 2 is 1.81 bits per heavy atom. The van der Waals surface area contributed by atoms with E-state index in [1.165, 1.54) is 0 Å². The van der Waals surface area contributed by atoms with Crippen molar-refractivity contribution >= 4 is 27.5 Å². The van der Waals surface area contributed by atoms with Gasteiger partial charge in [0.2, 0.25) is 0 Å². The molecule has 1 aromatic heterocycles. The Kier molecular flexibility index (Phi) is 3.55. The summed E-state index contributed by atoms with van der Waals surface area (Å²) in [6.45, 7) is 0. The molecule has 0 bridgehead atoms. The summed E-state index contributed by atoms with van der Waals surface area (Å²) in [4.78, 5) is 7.99. The maximum absolute atomic E-state index is 5.78. The van der Waals surface area contributed by atoms with Crippen LogP contribution in [0.1, 0.15) is 11.3 Å². The second-order valence-corrected chi connectivity index (χ2v) is 4.06. The molecule has 0 saturated heterocycles. The first-order valence-corrected chi connectivity index (χ1v) is 5.68. The topological polar surface area (TPSA) is 25.8 Å². The van der Waals surface area contributed by atoms with Crippen LogP contribution in [0.15, 0.2) is 41.1 Å². The van der Waals surface area contributed by atoms with Crippen LogP contribution in [0.25, 0.3) is 0 Å². The molecule has 16 heavy (non-hydrogen) atoms. The Hall–Kier alpha value is -1.37. The van der Waals surface area contributed by atoms with Gasteiger partial charge < -0.3 is 0 Å².